The summed E-state index contributed by atoms with van der Waals surface area (Å²) in [5.74, 6) is -1.26. The van der Waals surface area contributed by atoms with Gasteiger partial charge in [0.1, 0.15) is 0 Å². The summed E-state index contributed by atoms with van der Waals surface area (Å²) >= 11 is 6.59. The molecule has 0 fully saturated rings. The number of nitrogens with zero attached hydrogens (tertiary/aromatic N) is 4. The number of carbonyl (C=O) groups is 2. The third-order valence-electron chi connectivity index (χ3n) is 2.54. The smallest absolute Gasteiger partial charge is 0.360 e. The van der Waals surface area contributed by atoms with E-state index < -0.39 is 11.8 Å². The van der Waals surface area contributed by atoms with Crippen LogP contribution in [0.25, 0.3) is 5.53 Å². The SMILES string of the molecule is CNC(=O)c1nnsc1C(=[N+]=[N-])C(=O)Nc1cccc(Cl)c1. The van der Waals surface area contributed by atoms with Gasteiger partial charge in [0.05, 0.1) is 0 Å². The second-order valence-corrected chi connectivity index (χ2v) is 5.13. The van der Waals surface area contributed by atoms with E-state index in [9.17, 15) is 9.59 Å². The molecular formula is C12H9ClN6O2S. The Kier molecular flexibility index (Phi) is 4.95. The predicted octanol–water partition coefficient (Wildman–Crippen LogP) is 1.21. The fraction of sp³-hybridized carbons (Fsp3) is 0.0833. The molecule has 10 heteroatoms. The van der Waals surface area contributed by atoms with E-state index >= 15 is 0 Å². The average Bonchev–Trinajstić information content (AvgIpc) is 2.96. The summed E-state index contributed by atoms with van der Waals surface area (Å²) in [5.41, 5.74) is 9.05. The normalized spacial score (nSPS) is 9.73. The van der Waals surface area contributed by atoms with Gasteiger partial charge in [-0.3, -0.25) is 9.59 Å². The molecule has 0 bridgehead atoms. The van der Waals surface area contributed by atoms with Gasteiger partial charge in [-0.2, -0.15) is 4.79 Å². The van der Waals surface area contributed by atoms with Crippen molar-refractivity contribution in [3.05, 3.63) is 45.4 Å². The molecule has 22 heavy (non-hydrogen) atoms. The van der Waals surface area contributed by atoms with Gasteiger partial charge in [0.25, 0.3) is 5.91 Å². The van der Waals surface area contributed by atoms with Gasteiger partial charge in [-0.25, -0.2) is 0 Å². The molecule has 8 nitrogen and oxygen atoms in total. The number of carbonyl (C=O) groups excluding carboxylic acids is 2. The fourth-order valence-corrected chi connectivity index (χ4v) is 2.40. The average molecular weight is 337 g/mol. The van der Waals surface area contributed by atoms with Gasteiger partial charge in [-0.1, -0.05) is 22.2 Å². The number of halogens is 1. The van der Waals surface area contributed by atoms with Crippen molar-refractivity contribution in [1.29, 1.82) is 0 Å². The summed E-state index contributed by atoms with van der Waals surface area (Å²) in [6.45, 7) is 0. The van der Waals surface area contributed by atoms with Crippen molar-refractivity contribution in [3.63, 3.8) is 0 Å². The first-order valence-electron chi connectivity index (χ1n) is 5.90. The minimum atomic E-state index is -0.721. The number of aromatic nitrogens is 2. The Morgan fingerprint density at radius 3 is 2.82 bits per heavy atom. The number of hydrogen-bond donors (Lipinski definition) is 2. The second kappa shape index (κ2) is 6.90. The first kappa shape index (κ1) is 15.8. The molecule has 0 aliphatic rings. The molecule has 1 aromatic heterocycles. The maximum absolute atomic E-state index is 12.2. The third kappa shape index (κ3) is 3.34. The second-order valence-electron chi connectivity index (χ2n) is 3.94. The van der Waals surface area contributed by atoms with Crippen LogP contribution in [-0.4, -0.2) is 39.0 Å². The lowest BCUT2D eigenvalue weighted by atomic mass is 10.2. The van der Waals surface area contributed by atoms with Gasteiger partial charge in [0.2, 0.25) is 0 Å². The summed E-state index contributed by atoms with van der Waals surface area (Å²) in [5, 5.41) is 8.93. The molecule has 0 radical (unpaired) electrons. The van der Waals surface area contributed by atoms with Crippen molar-refractivity contribution in [2.75, 3.05) is 12.4 Å². The van der Waals surface area contributed by atoms with Crippen LogP contribution in [0, 0.1) is 0 Å². The van der Waals surface area contributed by atoms with Crippen molar-refractivity contribution in [1.82, 2.24) is 14.9 Å². The van der Waals surface area contributed by atoms with Crippen LogP contribution in [0.3, 0.4) is 0 Å². The van der Waals surface area contributed by atoms with E-state index in [-0.39, 0.29) is 16.3 Å². The van der Waals surface area contributed by atoms with E-state index in [1.807, 2.05) is 0 Å². The summed E-state index contributed by atoms with van der Waals surface area (Å²) < 4.78 is 3.60. The van der Waals surface area contributed by atoms with Crippen LogP contribution >= 0.6 is 23.1 Å². The lowest BCUT2D eigenvalue weighted by Gasteiger charge is -2.02. The summed E-state index contributed by atoms with van der Waals surface area (Å²) in [4.78, 5) is 26.8. The minimum Gasteiger partial charge on any atom is -0.360 e. The van der Waals surface area contributed by atoms with Crippen LogP contribution in [-0.2, 0) is 4.79 Å². The number of anilines is 1. The topological polar surface area (TPSA) is 120 Å². The molecule has 2 aromatic rings. The number of nitrogens with one attached hydrogen (secondary N) is 2. The molecule has 2 N–H and O–H groups in total. The van der Waals surface area contributed by atoms with Gasteiger partial charge in [-0.05, 0) is 29.7 Å². The van der Waals surface area contributed by atoms with Crippen LogP contribution in [0.1, 0.15) is 15.4 Å². The van der Waals surface area contributed by atoms with Gasteiger partial charge in [0.15, 0.2) is 10.6 Å². The van der Waals surface area contributed by atoms with Gasteiger partial charge < -0.3 is 16.2 Å². The standard InChI is InChI=1S/C12H9ClN6O2S/c1-15-11(20)9-10(22-19-18-9)8(17-14)12(21)16-7-4-2-3-6(13)5-7/h2-5H,1H3,(H,15,20)(H,16,21). The van der Waals surface area contributed by atoms with Gasteiger partial charge in [-0.15, -0.1) is 5.10 Å². The fourth-order valence-electron chi connectivity index (χ4n) is 1.56. The molecule has 0 saturated heterocycles. The van der Waals surface area contributed by atoms with E-state index in [2.05, 4.69) is 25.0 Å². The van der Waals surface area contributed by atoms with Crippen molar-refractivity contribution in [2.24, 2.45) is 0 Å². The van der Waals surface area contributed by atoms with Crippen LogP contribution < -0.4 is 10.6 Å². The zero-order chi connectivity index (χ0) is 16.1. The first-order valence-corrected chi connectivity index (χ1v) is 7.05. The van der Waals surface area contributed by atoms with Crippen LogP contribution in [0.5, 0.6) is 0 Å². The highest BCUT2D eigenvalue weighted by Crippen LogP contribution is 2.16. The first-order chi connectivity index (χ1) is 10.6. The van der Waals surface area contributed by atoms with Crippen molar-refractivity contribution >= 4 is 46.3 Å². The van der Waals surface area contributed by atoms with Gasteiger partial charge in [0, 0.05) is 17.8 Å². The Morgan fingerprint density at radius 1 is 1.41 bits per heavy atom. The lowest BCUT2D eigenvalue weighted by Crippen LogP contribution is -2.27. The molecule has 0 spiro atoms. The molecule has 0 aliphatic heterocycles. The van der Waals surface area contributed by atoms with Crippen molar-refractivity contribution in [2.45, 2.75) is 0 Å². The monoisotopic (exact) mass is 336 g/mol. The molecule has 112 valence electrons. The van der Waals surface area contributed by atoms with Crippen molar-refractivity contribution in [3.8, 4) is 0 Å². The molecule has 0 aliphatic carbocycles. The highest BCUT2D eigenvalue weighted by Gasteiger charge is 2.31. The maximum Gasteiger partial charge on any atom is 0.400 e. The minimum absolute atomic E-state index is 0.0568. The largest absolute Gasteiger partial charge is 0.400 e. The van der Waals surface area contributed by atoms with Gasteiger partial charge >= 0.3 is 11.6 Å². The molecule has 0 unspecified atom stereocenters. The molecule has 1 heterocycles. The van der Waals surface area contributed by atoms with E-state index in [0.29, 0.717) is 10.7 Å². The number of rotatable bonds is 4. The molecule has 0 saturated carbocycles. The number of amides is 2. The lowest BCUT2D eigenvalue weighted by molar-refractivity contribution is -0.114. The van der Waals surface area contributed by atoms with E-state index in [1.165, 1.54) is 13.1 Å². The number of hydrogen-bond acceptors (Lipinski definition) is 5. The van der Waals surface area contributed by atoms with Crippen LogP contribution in [0.15, 0.2) is 24.3 Å². The van der Waals surface area contributed by atoms with Crippen molar-refractivity contribution < 1.29 is 14.4 Å². The Balaban J connectivity index is 2.30. The van der Waals surface area contributed by atoms with E-state index in [0.717, 1.165) is 11.5 Å². The Hall–Kier alpha value is -2.61. The van der Waals surface area contributed by atoms with E-state index in [4.69, 9.17) is 17.1 Å². The summed E-state index contributed by atoms with van der Waals surface area (Å²) in [6, 6.07) is 6.44. The highest BCUT2D eigenvalue weighted by molar-refractivity contribution is 7.09. The maximum atomic E-state index is 12.2. The highest BCUT2D eigenvalue weighted by atomic mass is 35.5. The summed E-state index contributed by atoms with van der Waals surface area (Å²) in [7, 11) is 1.41. The molecule has 2 rings (SSSR count). The molecule has 2 amide bonds. The molecule has 1 aromatic carbocycles. The molecule has 0 atom stereocenters. The number of benzene rings is 1. The summed E-state index contributed by atoms with van der Waals surface area (Å²) in [6.07, 6.45) is 0. The molecular weight excluding hydrogens is 328 g/mol. The zero-order valence-corrected chi connectivity index (χ0v) is 12.8. The Labute approximate surface area is 133 Å². The van der Waals surface area contributed by atoms with Crippen LogP contribution in [0.4, 0.5) is 5.69 Å². The Bertz CT molecular complexity index is 783. The van der Waals surface area contributed by atoms with E-state index in [1.54, 1.807) is 18.2 Å². The predicted molar refractivity (Wildman–Crippen MR) is 81.1 cm³/mol. The zero-order valence-electron chi connectivity index (χ0n) is 11.2. The Morgan fingerprint density at radius 2 is 2.18 bits per heavy atom. The van der Waals surface area contributed by atoms with Crippen LogP contribution in [0.2, 0.25) is 5.02 Å². The third-order valence-corrected chi connectivity index (χ3v) is 3.51. The quantitative estimate of drug-likeness (QED) is 0.495.